The van der Waals surface area contributed by atoms with Gasteiger partial charge in [0.1, 0.15) is 0 Å². The van der Waals surface area contributed by atoms with Gasteiger partial charge < -0.3 is 10.2 Å². The molecule has 130 valence electrons. The van der Waals surface area contributed by atoms with Crippen molar-refractivity contribution in [1.29, 1.82) is 0 Å². The van der Waals surface area contributed by atoms with Crippen molar-refractivity contribution in [2.24, 2.45) is 0 Å². The highest BCUT2D eigenvalue weighted by molar-refractivity contribution is 6.11. The number of carbonyl (C=O) groups excluding carboxylic acids is 2. The standard InChI is InChI=1S/C18H15F3N2O2/c1-11-9-16(24)22-14-7-2-3-8-15(14)23(11)17(25)12-5-4-6-13(10-12)18(19,20)21/h2-8,10-11H,9H2,1H3,(H,22,24)/t11-/m0/s1. The minimum absolute atomic E-state index is 0.0549. The Morgan fingerprint density at radius 1 is 1.16 bits per heavy atom. The number of nitrogens with zero attached hydrogens (tertiary/aromatic N) is 1. The van der Waals surface area contributed by atoms with Crippen molar-refractivity contribution in [1.82, 2.24) is 0 Å². The van der Waals surface area contributed by atoms with Gasteiger partial charge in [0.05, 0.1) is 16.9 Å². The third kappa shape index (κ3) is 3.35. The molecule has 2 aromatic carbocycles. The summed E-state index contributed by atoms with van der Waals surface area (Å²) in [4.78, 5) is 26.2. The molecule has 1 N–H and O–H groups in total. The van der Waals surface area contributed by atoms with Crippen molar-refractivity contribution in [3.05, 3.63) is 59.7 Å². The third-order valence-corrected chi connectivity index (χ3v) is 4.01. The van der Waals surface area contributed by atoms with E-state index in [0.717, 1.165) is 12.1 Å². The summed E-state index contributed by atoms with van der Waals surface area (Å²) < 4.78 is 38.8. The van der Waals surface area contributed by atoms with Crippen LogP contribution >= 0.6 is 0 Å². The second-order valence-corrected chi connectivity index (χ2v) is 5.87. The third-order valence-electron chi connectivity index (χ3n) is 4.01. The van der Waals surface area contributed by atoms with E-state index in [9.17, 15) is 22.8 Å². The molecule has 1 atom stereocenters. The molecule has 2 aromatic rings. The van der Waals surface area contributed by atoms with Gasteiger partial charge in [0.25, 0.3) is 5.91 Å². The lowest BCUT2D eigenvalue weighted by Crippen LogP contribution is -2.39. The second-order valence-electron chi connectivity index (χ2n) is 5.87. The molecule has 0 aliphatic carbocycles. The largest absolute Gasteiger partial charge is 0.416 e. The van der Waals surface area contributed by atoms with Crippen molar-refractivity contribution in [3.63, 3.8) is 0 Å². The first-order valence-corrected chi connectivity index (χ1v) is 7.67. The first-order chi connectivity index (χ1) is 11.8. The fourth-order valence-corrected chi connectivity index (χ4v) is 2.86. The lowest BCUT2D eigenvalue weighted by Gasteiger charge is -2.28. The van der Waals surface area contributed by atoms with Crippen LogP contribution in [-0.4, -0.2) is 17.9 Å². The Morgan fingerprint density at radius 3 is 2.60 bits per heavy atom. The molecule has 3 rings (SSSR count). The van der Waals surface area contributed by atoms with E-state index >= 15 is 0 Å². The van der Waals surface area contributed by atoms with Gasteiger partial charge in [0.15, 0.2) is 0 Å². The smallest absolute Gasteiger partial charge is 0.324 e. The van der Waals surface area contributed by atoms with E-state index in [0.29, 0.717) is 11.4 Å². The average Bonchev–Trinajstić information content (AvgIpc) is 2.68. The molecule has 1 aliphatic heterocycles. The van der Waals surface area contributed by atoms with Crippen LogP contribution in [0.25, 0.3) is 0 Å². The van der Waals surface area contributed by atoms with Crippen molar-refractivity contribution >= 4 is 23.2 Å². The van der Waals surface area contributed by atoms with E-state index in [2.05, 4.69) is 5.32 Å². The van der Waals surface area contributed by atoms with Gasteiger partial charge in [-0.2, -0.15) is 13.2 Å². The van der Waals surface area contributed by atoms with Crippen LogP contribution < -0.4 is 10.2 Å². The molecular formula is C18H15F3N2O2. The molecule has 1 aliphatic rings. The van der Waals surface area contributed by atoms with Crippen LogP contribution in [0, 0.1) is 0 Å². The summed E-state index contributed by atoms with van der Waals surface area (Å²) in [5.41, 5.74) is -0.0467. The number of nitrogens with one attached hydrogen (secondary N) is 1. The zero-order valence-corrected chi connectivity index (χ0v) is 13.3. The molecule has 0 bridgehead atoms. The van der Waals surface area contributed by atoms with E-state index in [1.54, 1.807) is 31.2 Å². The molecule has 0 aromatic heterocycles. The lowest BCUT2D eigenvalue weighted by molar-refractivity contribution is -0.137. The highest BCUT2D eigenvalue weighted by Crippen LogP contribution is 2.34. The number of hydrogen-bond acceptors (Lipinski definition) is 2. The van der Waals surface area contributed by atoms with E-state index in [1.165, 1.54) is 17.0 Å². The van der Waals surface area contributed by atoms with E-state index in [1.807, 2.05) is 0 Å². The van der Waals surface area contributed by atoms with Crippen LogP contribution in [-0.2, 0) is 11.0 Å². The summed E-state index contributed by atoms with van der Waals surface area (Å²) in [5.74, 6) is -0.832. The van der Waals surface area contributed by atoms with E-state index in [-0.39, 0.29) is 17.9 Å². The maximum absolute atomic E-state index is 12.9. The fraction of sp³-hybridized carbons (Fsp3) is 0.222. The molecule has 0 unspecified atom stereocenters. The zero-order chi connectivity index (χ0) is 18.2. The lowest BCUT2D eigenvalue weighted by atomic mass is 10.1. The molecule has 4 nitrogen and oxygen atoms in total. The van der Waals surface area contributed by atoms with E-state index in [4.69, 9.17) is 0 Å². The minimum Gasteiger partial charge on any atom is -0.324 e. The summed E-state index contributed by atoms with van der Waals surface area (Å²) in [6, 6.07) is 10.5. The van der Waals surface area contributed by atoms with Gasteiger partial charge in [-0.3, -0.25) is 9.59 Å². The molecule has 2 amide bonds. The molecule has 0 fully saturated rings. The Kier molecular flexibility index (Phi) is 4.24. The molecule has 0 spiro atoms. The summed E-state index contributed by atoms with van der Waals surface area (Å²) in [6.07, 6.45) is -4.48. The van der Waals surface area contributed by atoms with Gasteiger partial charge in [-0.15, -0.1) is 0 Å². The maximum Gasteiger partial charge on any atom is 0.416 e. The van der Waals surface area contributed by atoms with Gasteiger partial charge in [0.2, 0.25) is 5.91 Å². The first kappa shape index (κ1) is 17.0. The number of benzene rings is 2. The van der Waals surface area contributed by atoms with Crippen LogP contribution in [0.4, 0.5) is 24.5 Å². The number of amides is 2. The van der Waals surface area contributed by atoms with Gasteiger partial charge in [0, 0.05) is 18.0 Å². The number of carbonyl (C=O) groups is 2. The second kappa shape index (κ2) is 6.23. The van der Waals surface area contributed by atoms with Crippen LogP contribution in [0.2, 0.25) is 0 Å². The number of alkyl halides is 3. The summed E-state index contributed by atoms with van der Waals surface area (Å²) in [7, 11) is 0. The van der Waals surface area contributed by atoms with Gasteiger partial charge in [-0.1, -0.05) is 18.2 Å². The quantitative estimate of drug-likeness (QED) is 0.844. The van der Waals surface area contributed by atoms with Crippen LogP contribution in [0.1, 0.15) is 29.3 Å². The highest BCUT2D eigenvalue weighted by atomic mass is 19.4. The number of hydrogen-bond donors (Lipinski definition) is 1. The molecule has 0 radical (unpaired) electrons. The predicted molar refractivity (Wildman–Crippen MR) is 87.4 cm³/mol. The van der Waals surface area contributed by atoms with Gasteiger partial charge >= 0.3 is 6.18 Å². The Balaban J connectivity index is 2.05. The Labute approximate surface area is 142 Å². The van der Waals surface area contributed by atoms with Crippen LogP contribution in [0.15, 0.2) is 48.5 Å². The van der Waals surface area contributed by atoms with Crippen LogP contribution in [0.3, 0.4) is 0 Å². The fourth-order valence-electron chi connectivity index (χ4n) is 2.86. The topological polar surface area (TPSA) is 49.4 Å². The molecule has 7 heteroatoms. The average molecular weight is 348 g/mol. The minimum atomic E-state index is -4.53. The normalized spacial score (nSPS) is 17.5. The zero-order valence-electron chi connectivity index (χ0n) is 13.3. The van der Waals surface area contributed by atoms with E-state index < -0.39 is 23.7 Å². The van der Waals surface area contributed by atoms with Crippen LogP contribution in [0.5, 0.6) is 0 Å². The Morgan fingerprint density at radius 2 is 1.88 bits per heavy atom. The predicted octanol–water partition coefficient (Wildman–Crippen LogP) is 4.08. The van der Waals surface area contributed by atoms with Crippen molar-refractivity contribution in [2.45, 2.75) is 25.6 Å². The van der Waals surface area contributed by atoms with Crippen molar-refractivity contribution in [3.8, 4) is 0 Å². The van der Waals surface area contributed by atoms with Crippen molar-refractivity contribution < 1.29 is 22.8 Å². The highest BCUT2D eigenvalue weighted by Gasteiger charge is 2.33. The van der Waals surface area contributed by atoms with Gasteiger partial charge in [-0.25, -0.2) is 0 Å². The summed E-state index contributed by atoms with van der Waals surface area (Å²) in [5, 5.41) is 2.71. The molecule has 1 heterocycles. The molecule has 0 saturated heterocycles. The summed E-state index contributed by atoms with van der Waals surface area (Å²) >= 11 is 0. The number of fused-ring (bicyclic) bond motifs is 1. The first-order valence-electron chi connectivity index (χ1n) is 7.67. The molecular weight excluding hydrogens is 333 g/mol. The molecule has 0 saturated carbocycles. The number of rotatable bonds is 1. The number of para-hydroxylation sites is 2. The SMILES string of the molecule is C[C@H]1CC(=O)Nc2ccccc2N1C(=O)c1cccc(C(F)(F)F)c1. The van der Waals surface area contributed by atoms with Crippen molar-refractivity contribution in [2.75, 3.05) is 10.2 Å². The molecule has 25 heavy (non-hydrogen) atoms. The monoisotopic (exact) mass is 348 g/mol. The number of anilines is 2. The Bertz CT molecular complexity index is 833. The number of halogens is 3. The Hall–Kier alpha value is -2.83. The van der Waals surface area contributed by atoms with Gasteiger partial charge in [-0.05, 0) is 37.3 Å². The summed E-state index contributed by atoms with van der Waals surface area (Å²) in [6.45, 7) is 1.69. The maximum atomic E-state index is 12.9.